The lowest BCUT2D eigenvalue weighted by molar-refractivity contribution is -0.163. The van der Waals surface area contributed by atoms with Crippen LogP contribution in [0.2, 0.25) is 0 Å². The van der Waals surface area contributed by atoms with E-state index in [2.05, 4.69) is 6.92 Å². The van der Waals surface area contributed by atoms with Crippen LogP contribution in [-0.2, 0) is 9.59 Å². The molecule has 0 aliphatic heterocycles. The molecule has 2 rings (SSSR count). The monoisotopic (exact) mass is 252 g/mol. The Hall–Kier alpha value is -0.860. The molecule has 2 saturated carbocycles. The van der Waals surface area contributed by atoms with Crippen LogP contribution in [0.1, 0.15) is 64.7 Å². The van der Waals surface area contributed by atoms with Gasteiger partial charge in [-0.1, -0.05) is 32.6 Å². The molecule has 18 heavy (non-hydrogen) atoms. The zero-order valence-corrected chi connectivity index (χ0v) is 11.3. The first-order chi connectivity index (χ1) is 8.61. The molecule has 1 N–H and O–H groups in total. The molecule has 0 aromatic carbocycles. The van der Waals surface area contributed by atoms with Crippen molar-refractivity contribution in [3.63, 3.8) is 0 Å². The molecule has 3 unspecified atom stereocenters. The Kier molecular flexibility index (Phi) is 4.08. The third-order valence-corrected chi connectivity index (χ3v) is 5.16. The molecule has 0 spiro atoms. The van der Waals surface area contributed by atoms with Gasteiger partial charge in [0.2, 0.25) is 0 Å². The molecule has 2 aliphatic rings. The van der Waals surface area contributed by atoms with Gasteiger partial charge in [-0.05, 0) is 37.5 Å². The van der Waals surface area contributed by atoms with Crippen LogP contribution in [0.3, 0.4) is 0 Å². The molecule has 3 nitrogen and oxygen atoms in total. The molecule has 2 aliphatic carbocycles. The maximum Gasteiger partial charge on any atom is 0.317 e. The van der Waals surface area contributed by atoms with Crippen LogP contribution in [0, 0.1) is 17.3 Å². The van der Waals surface area contributed by atoms with Crippen molar-refractivity contribution in [1.29, 1.82) is 0 Å². The summed E-state index contributed by atoms with van der Waals surface area (Å²) in [6.07, 6.45) is 8.08. The number of hydrogen-bond donors (Lipinski definition) is 1. The van der Waals surface area contributed by atoms with E-state index in [1.807, 2.05) is 0 Å². The van der Waals surface area contributed by atoms with Gasteiger partial charge in [0.25, 0.3) is 0 Å². The highest BCUT2D eigenvalue weighted by atomic mass is 16.4. The molecule has 0 radical (unpaired) electrons. The fraction of sp³-hybridized carbons (Fsp3) is 0.867. The van der Waals surface area contributed by atoms with Crippen LogP contribution < -0.4 is 0 Å². The normalized spacial score (nSPS) is 37.5. The molecular formula is C15H24O3. The van der Waals surface area contributed by atoms with Crippen molar-refractivity contribution in [3.05, 3.63) is 0 Å². The van der Waals surface area contributed by atoms with Gasteiger partial charge in [-0.2, -0.15) is 0 Å². The average Bonchev–Trinajstić information content (AvgIpc) is 2.39. The number of carboxylic acid groups (broad SMARTS) is 1. The number of carbonyl (C=O) groups is 2. The van der Waals surface area contributed by atoms with Crippen LogP contribution in [0.15, 0.2) is 0 Å². The van der Waals surface area contributed by atoms with E-state index in [1.54, 1.807) is 0 Å². The van der Waals surface area contributed by atoms with E-state index in [0.29, 0.717) is 18.8 Å². The van der Waals surface area contributed by atoms with Crippen LogP contribution in [-0.4, -0.2) is 16.9 Å². The third kappa shape index (κ3) is 2.19. The lowest BCUT2D eigenvalue weighted by Gasteiger charge is -2.42. The molecule has 102 valence electrons. The van der Waals surface area contributed by atoms with Gasteiger partial charge in [-0.15, -0.1) is 0 Å². The lowest BCUT2D eigenvalue weighted by atomic mass is 9.59. The largest absolute Gasteiger partial charge is 0.480 e. The Morgan fingerprint density at radius 2 is 2.11 bits per heavy atom. The highest BCUT2D eigenvalue weighted by Gasteiger charge is 2.53. The van der Waals surface area contributed by atoms with E-state index < -0.39 is 11.4 Å². The molecule has 0 saturated heterocycles. The van der Waals surface area contributed by atoms with E-state index in [-0.39, 0.29) is 11.7 Å². The van der Waals surface area contributed by atoms with Gasteiger partial charge in [-0.25, -0.2) is 0 Å². The predicted molar refractivity (Wildman–Crippen MR) is 69.3 cm³/mol. The number of hydrogen-bond acceptors (Lipinski definition) is 2. The van der Waals surface area contributed by atoms with Crippen molar-refractivity contribution in [2.45, 2.75) is 64.7 Å². The van der Waals surface area contributed by atoms with Crippen LogP contribution in [0.5, 0.6) is 0 Å². The summed E-state index contributed by atoms with van der Waals surface area (Å²) in [5, 5.41) is 9.65. The topological polar surface area (TPSA) is 54.4 Å². The Morgan fingerprint density at radius 3 is 2.72 bits per heavy atom. The van der Waals surface area contributed by atoms with Gasteiger partial charge < -0.3 is 5.11 Å². The second-order valence-corrected chi connectivity index (χ2v) is 6.04. The zero-order valence-electron chi connectivity index (χ0n) is 11.3. The number of carbonyl (C=O) groups excluding carboxylic acids is 1. The maximum atomic E-state index is 12.3. The minimum atomic E-state index is -1.04. The molecule has 3 heteroatoms. The zero-order chi connectivity index (χ0) is 13.2. The third-order valence-electron chi connectivity index (χ3n) is 5.16. The molecule has 0 bridgehead atoms. The van der Waals surface area contributed by atoms with Crippen molar-refractivity contribution in [3.8, 4) is 0 Å². The van der Waals surface area contributed by atoms with Crippen LogP contribution in [0.25, 0.3) is 0 Å². The van der Waals surface area contributed by atoms with Crippen molar-refractivity contribution >= 4 is 11.8 Å². The summed E-state index contributed by atoms with van der Waals surface area (Å²) >= 11 is 0. The molecule has 0 heterocycles. The fourth-order valence-corrected chi connectivity index (χ4v) is 3.99. The summed E-state index contributed by atoms with van der Waals surface area (Å²) in [7, 11) is 0. The second-order valence-electron chi connectivity index (χ2n) is 6.04. The predicted octanol–water partition coefficient (Wildman–Crippen LogP) is 3.42. The SMILES string of the molecule is CCC1CCCC(C2(C(=O)O)CCCCC2=O)C1. The minimum absolute atomic E-state index is 0.00278. The molecule has 2 fully saturated rings. The van der Waals surface area contributed by atoms with Crippen LogP contribution in [0.4, 0.5) is 0 Å². The molecular weight excluding hydrogens is 228 g/mol. The maximum absolute atomic E-state index is 12.3. The summed E-state index contributed by atoms with van der Waals surface area (Å²) < 4.78 is 0. The van der Waals surface area contributed by atoms with Gasteiger partial charge >= 0.3 is 5.97 Å². The molecule has 0 aromatic heterocycles. The van der Waals surface area contributed by atoms with E-state index in [0.717, 1.165) is 38.5 Å². The summed E-state index contributed by atoms with van der Waals surface area (Å²) in [5.74, 6) is -0.145. The smallest absolute Gasteiger partial charge is 0.317 e. The standard InChI is InChI=1S/C15H24O3/c1-2-11-6-5-7-12(10-11)15(14(17)18)9-4-3-8-13(15)16/h11-12H,2-10H2,1H3,(H,17,18). The van der Waals surface area contributed by atoms with E-state index >= 15 is 0 Å². The Balaban J connectivity index is 2.23. The van der Waals surface area contributed by atoms with Gasteiger partial charge in [0.05, 0.1) is 0 Å². The number of carboxylic acids is 1. The number of ketones is 1. The van der Waals surface area contributed by atoms with Crippen molar-refractivity contribution in [1.82, 2.24) is 0 Å². The number of aliphatic carboxylic acids is 1. The first-order valence-electron chi connectivity index (χ1n) is 7.38. The van der Waals surface area contributed by atoms with E-state index in [1.165, 1.54) is 6.42 Å². The van der Waals surface area contributed by atoms with Gasteiger partial charge in [0.15, 0.2) is 0 Å². The van der Waals surface area contributed by atoms with E-state index in [4.69, 9.17) is 0 Å². The van der Waals surface area contributed by atoms with Gasteiger partial charge in [0.1, 0.15) is 11.2 Å². The summed E-state index contributed by atoms with van der Waals surface area (Å²) in [6.45, 7) is 2.17. The molecule has 0 aromatic rings. The van der Waals surface area contributed by atoms with Gasteiger partial charge in [0, 0.05) is 6.42 Å². The first-order valence-corrected chi connectivity index (χ1v) is 7.38. The second kappa shape index (κ2) is 5.41. The highest BCUT2D eigenvalue weighted by molar-refractivity contribution is 6.03. The van der Waals surface area contributed by atoms with Gasteiger partial charge in [-0.3, -0.25) is 9.59 Å². The van der Waals surface area contributed by atoms with Crippen molar-refractivity contribution in [2.24, 2.45) is 17.3 Å². The van der Waals surface area contributed by atoms with E-state index in [9.17, 15) is 14.7 Å². The van der Waals surface area contributed by atoms with Crippen molar-refractivity contribution in [2.75, 3.05) is 0 Å². The Labute approximate surface area is 109 Å². The van der Waals surface area contributed by atoms with Crippen LogP contribution >= 0.6 is 0 Å². The summed E-state index contributed by atoms with van der Waals surface area (Å²) in [4.78, 5) is 24.0. The average molecular weight is 252 g/mol. The molecule has 0 amide bonds. The molecule has 3 atom stereocenters. The first kappa shape index (κ1) is 13.6. The highest BCUT2D eigenvalue weighted by Crippen LogP contribution is 2.48. The fourth-order valence-electron chi connectivity index (χ4n) is 3.99. The summed E-state index contributed by atoms with van der Waals surface area (Å²) in [6, 6.07) is 0. The Morgan fingerprint density at radius 1 is 1.33 bits per heavy atom. The number of rotatable bonds is 3. The number of Topliss-reactive ketones (excluding diaryl/α,β-unsaturated/α-hetero) is 1. The summed E-state index contributed by atoms with van der Waals surface area (Å²) in [5.41, 5.74) is -1.04. The van der Waals surface area contributed by atoms with Crippen molar-refractivity contribution < 1.29 is 14.7 Å². The Bertz CT molecular complexity index is 337. The quantitative estimate of drug-likeness (QED) is 0.783. The minimum Gasteiger partial charge on any atom is -0.480 e. The lowest BCUT2D eigenvalue weighted by Crippen LogP contribution is -2.49.